The fraction of sp³-hybridized carbons (Fsp3) is 0.0465. The molecule has 1 aromatic heterocycles. The van der Waals surface area contributed by atoms with Gasteiger partial charge in [0.15, 0.2) is 11.0 Å². The molecule has 0 unspecified atom stereocenters. The van der Waals surface area contributed by atoms with Crippen LogP contribution in [-0.2, 0) is 13.1 Å². The van der Waals surface area contributed by atoms with E-state index in [0.29, 0.717) is 0 Å². The summed E-state index contributed by atoms with van der Waals surface area (Å²) in [5.41, 5.74) is 6.34. The van der Waals surface area contributed by atoms with Gasteiger partial charge >= 0.3 is 0 Å². The molecule has 45 heavy (non-hydrogen) atoms. The minimum Gasteiger partial charge on any atom is -0.218 e. The van der Waals surface area contributed by atoms with E-state index in [1.807, 2.05) is 0 Å². The van der Waals surface area contributed by atoms with Crippen molar-refractivity contribution in [1.29, 1.82) is 0 Å². The maximum Gasteiger partial charge on any atom is 0.290 e. The Morgan fingerprint density at radius 1 is 0.422 bits per heavy atom. The average molecular weight is 576 g/mol. The Morgan fingerprint density at radius 3 is 1.62 bits per heavy atom. The van der Waals surface area contributed by atoms with Gasteiger partial charge in [0.1, 0.15) is 13.1 Å². The van der Waals surface area contributed by atoms with E-state index >= 15 is 0 Å². The second kappa shape index (κ2) is 10.5. The van der Waals surface area contributed by atoms with Crippen molar-refractivity contribution in [2.75, 3.05) is 0 Å². The molecule has 2 nitrogen and oxygen atoms in total. The topological polar surface area (TPSA) is 8.81 Å². The Labute approximate surface area is 262 Å². The maximum absolute atomic E-state index is 2.57. The van der Waals surface area contributed by atoms with Gasteiger partial charge in [-0.3, -0.25) is 0 Å². The van der Waals surface area contributed by atoms with Crippen LogP contribution in [0.4, 0.5) is 0 Å². The zero-order valence-electron chi connectivity index (χ0n) is 24.9. The van der Waals surface area contributed by atoms with Crippen LogP contribution in [0, 0.1) is 0 Å². The number of hydrogen-bond donors (Lipinski definition) is 0. The molecule has 0 radical (unpaired) electrons. The molecule has 0 spiro atoms. The Morgan fingerprint density at radius 2 is 0.933 bits per heavy atom. The van der Waals surface area contributed by atoms with Gasteiger partial charge in [-0.25, -0.2) is 9.13 Å². The summed E-state index contributed by atoms with van der Waals surface area (Å²) in [7, 11) is 0. The fourth-order valence-corrected chi connectivity index (χ4v) is 7.25. The number of rotatable bonds is 5. The van der Waals surface area contributed by atoms with Gasteiger partial charge in [-0.05, 0) is 79.8 Å². The summed E-state index contributed by atoms with van der Waals surface area (Å²) >= 11 is 0. The zero-order chi connectivity index (χ0) is 29.7. The van der Waals surface area contributed by atoms with Crippen LogP contribution in [0.25, 0.3) is 65.5 Å². The normalized spacial score (nSPS) is 11.7. The van der Waals surface area contributed by atoms with Gasteiger partial charge in [0, 0.05) is 10.8 Å². The van der Waals surface area contributed by atoms with Crippen molar-refractivity contribution in [2.24, 2.45) is 0 Å². The smallest absolute Gasteiger partial charge is 0.218 e. The summed E-state index contributed by atoms with van der Waals surface area (Å²) in [5, 5.41) is 10.2. The lowest BCUT2D eigenvalue weighted by atomic mass is 9.99. The third-order valence-electron chi connectivity index (χ3n) is 9.27. The molecule has 8 aromatic carbocycles. The van der Waals surface area contributed by atoms with E-state index in [1.54, 1.807) is 0 Å². The van der Waals surface area contributed by atoms with Crippen molar-refractivity contribution in [3.63, 3.8) is 0 Å². The molecule has 0 fully saturated rings. The van der Waals surface area contributed by atoms with Crippen LogP contribution >= 0.6 is 0 Å². The highest BCUT2D eigenvalue weighted by molar-refractivity contribution is 6.22. The molecule has 9 aromatic rings. The number of benzene rings is 8. The number of nitrogens with zero attached hydrogens (tertiary/aromatic N) is 2. The molecule has 0 N–H and O–H groups in total. The van der Waals surface area contributed by atoms with Crippen LogP contribution in [-0.4, -0.2) is 4.57 Å². The minimum atomic E-state index is 0.763. The molecular weight excluding hydrogens is 544 g/mol. The van der Waals surface area contributed by atoms with Crippen LogP contribution in [0.1, 0.15) is 11.1 Å². The predicted octanol–water partition coefficient (Wildman–Crippen LogP) is 10.3. The highest BCUT2D eigenvalue weighted by atomic mass is 15.2. The van der Waals surface area contributed by atoms with Gasteiger partial charge < -0.3 is 0 Å². The van der Waals surface area contributed by atoms with Crippen LogP contribution in [0.15, 0.2) is 164 Å². The lowest BCUT2D eigenvalue weighted by Gasteiger charge is -2.08. The second-order valence-corrected chi connectivity index (χ2v) is 12.0. The number of aromatic nitrogens is 2. The highest BCUT2D eigenvalue weighted by Crippen LogP contribution is 2.37. The van der Waals surface area contributed by atoms with E-state index in [-0.39, 0.29) is 0 Å². The maximum atomic E-state index is 2.57. The van der Waals surface area contributed by atoms with Crippen molar-refractivity contribution >= 4 is 54.1 Å². The first-order chi connectivity index (χ1) is 22.3. The van der Waals surface area contributed by atoms with E-state index in [4.69, 9.17) is 0 Å². The SMILES string of the molecule is c1ccc(-c2n(Cc3ccc4ccccc4c3)c3c4ccccc4c4ccccc4c3[n+]2Cc2ccc3ccccc3c2)cc1. The lowest BCUT2D eigenvalue weighted by Crippen LogP contribution is -2.36. The second-order valence-electron chi connectivity index (χ2n) is 12.0. The van der Waals surface area contributed by atoms with Crippen molar-refractivity contribution in [3.05, 3.63) is 175 Å². The lowest BCUT2D eigenvalue weighted by molar-refractivity contribution is -0.651. The molecule has 2 heteroatoms. The third kappa shape index (κ3) is 4.29. The van der Waals surface area contributed by atoms with Crippen LogP contribution in [0.3, 0.4) is 0 Å². The van der Waals surface area contributed by atoms with Gasteiger partial charge in [-0.15, -0.1) is 0 Å². The fourth-order valence-electron chi connectivity index (χ4n) is 7.25. The molecule has 0 amide bonds. The Bertz CT molecular complexity index is 2380. The molecule has 0 saturated carbocycles. The van der Waals surface area contributed by atoms with E-state index in [1.165, 1.54) is 76.6 Å². The Kier molecular flexibility index (Phi) is 5.99. The van der Waals surface area contributed by atoms with Crippen LogP contribution in [0.5, 0.6) is 0 Å². The van der Waals surface area contributed by atoms with Crippen molar-refractivity contribution in [1.82, 2.24) is 4.57 Å². The molecule has 0 aliphatic heterocycles. The molecule has 1 heterocycles. The quantitative estimate of drug-likeness (QED) is 0.143. The molecule has 0 atom stereocenters. The number of hydrogen-bond acceptors (Lipinski definition) is 0. The van der Waals surface area contributed by atoms with Gasteiger partial charge in [-0.2, -0.15) is 0 Å². The van der Waals surface area contributed by atoms with Crippen LogP contribution in [0.2, 0.25) is 0 Å². The standard InChI is InChI=1S/C43H31N2/c1-2-14-34(15-3-1)43-44(28-30-22-24-32-12-4-6-16-35(32)26-30)41-39-20-10-8-18-37(39)38-19-9-11-21-40(38)42(41)45(43)29-31-23-25-33-13-5-7-17-36(33)27-31/h1-27H,28-29H2/q+1. The molecular formula is C43H31N2+. The monoisotopic (exact) mass is 575 g/mol. The summed E-state index contributed by atoms with van der Waals surface area (Å²) in [6.07, 6.45) is 0. The zero-order valence-corrected chi connectivity index (χ0v) is 24.9. The van der Waals surface area contributed by atoms with Crippen molar-refractivity contribution in [3.8, 4) is 11.4 Å². The molecule has 212 valence electrons. The molecule has 0 bridgehead atoms. The molecule has 9 rings (SSSR count). The van der Waals surface area contributed by atoms with Crippen molar-refractivity contribution in [2.45, 2.75) is 13.1 Å². The van der Waals surface area contributed by atoms with Gasteiger partial charge in [0.05, 0.1) is 5.56 Å². The summed E-state index contributed by atoms with van der Waals surface area (Å²) in [6, 6.07) is 59.9. The van der Waals surface area contributed by atoms with Gasteiger partial charge in [-0.1, -0.05) is 127 Å². The highest BCUT2D eigenvalue weighted by Gasteiger charge is 2.30. The first-order valence-corrected chi connectivity index (χ1v) is 15.7. The minimum absolute atomic E-state index is 0.763. The largest absolute Gasteiger partial charge is 0.290 e. The van der Waals surface area contributed by atoms with Crippen molar-refractivity contribution < 1.29 is 4.57 Å². The average Bonchev–Trinajstić information content (AvgIpc) is 3.42. The summed E-state index contributed by atoms with van der Waals surface area (Å²) in [4.78, 5) is 0. The first kappa shape index (κ1) is 25.7. The van der Waals surface area contributed by atoms with E-state index < -0.39 is 0 Å². The summed E-state index contributed by atoms with van der Waals surface area (Å²) in [6.45, 7) is 1.53. The number of fused-ring (bicyclic) bond motifs is 8. The van der Waals surface area contributed by atoms with Gasteiger partial charge in [0.25, 0.3) is 5.82 Å². The van der Waals surface area contributed by atoms with E-state index in [9.17, 15) is 0 Å². The molecule has 0 saturated heterocycles. The third-order valence-corrected chi connectivity index (χ3v) is 9.27. The van der Waals surface area contributed by atoms with E-state index in [0.717, 1.165) is 13.1 Å². The van der Waals surface area contributed by atoms with E-state index in [2.05, 4.69) is 173 Å². The molecule has 0 aliphatic carbocycles. The summed E-state index contributed by atoms with van der Waals surface area (Å²) < 4.78 is 5.15. The Balaban J connectivity index is 1.40. The summed E-state index contributed by atoms with van der Waals surface area (Å²) in [5.74, 6) is 1.22. The first-order valence-electron chi connectivity index (χ1n) is 15.7. The van der Waals surface area contributed by atoms with Gasteiger partial charge in [0.2, 0.25) is 0 Å². The van der Waals surface area contributed by atoms with Crippen LogP contribution < -0.4 is 4.57 Å². The molecule has 0 aliphatic rings. The number of imidazole rings is 1. The Hall–Kier alpha value is -5.73. The predicted molar refractivity (Wildman–Crippen MR) is 189 cm³/mol.